The molecule has 2 N–H and O–H groups in total. The molecule has 1 aromatic rings. The summed E-state index contributed by atoms with van der Waals surface area (Å²) in [6.07, 6.45) is 6.90. The van der Waals surface area contributed by atoms with Crippen molar-refractivity contribution in [3.63, 3.8) is 0 Å². The largest absolute Gasteiger partial charge is 0.309 e. The molecule has 0 aromatic carbocycles. The second-order valence-electron chi connectivity index (χ2n) is 2.48. The Labute approximate surface area is 82.6 Å². The van der Waals surface area contributed by atoms with Gasteiger partial charge in [0.2, 0.25) is 0 Å². The summed E-state index contributed by atoms with van der Waals surface area (Å²) in [5.74, 6) is 2.52. The van der Waals surface area contributed by atoms with Crippen LogP contribution in [0, 0.1) is 12.3 Å². The van der Waals surface area contributed by atoms with Crippen molar-refractivity contribution in [2.75, 3.05) is 19.6 Å². The van der Waals surface area contributed by atoms with E-state index >= 15 is 0 Å². The standard InChI is InChI=1S/C9H13N3S/c1-2-3-10-4-5-11-8-9-12-6-7-13-9/h1,6-7,10-11H,3-5,8H2. The first kappa shape index (κ1) is 10.2. The highest BCUT2D eigenvalue weighted by molar-refractivity contribution is 7.09. The zero-order valence-corrected chi connectivity index (χ0v) is 8.23. The number of hydrogen-bond acceptors (Lipinski definition) is 4. The Bertz CT molecular complexity index is 250. The molecular formula is C9H13N3S. The molecular weight excluding hydrogens is 182 g/mol. The maximum absolute atomic E-state index is 5.08. The molecule has 13 heavy (non-hydrogen) atoms. The number of nitrogens with zero attached hydrogens (tertiary/aromatic N) is 1. The molecule has 0 saturated heterocycles. The lowest BCUT2D eigenvalue weighted by molar-refractivity contribution is 0.636. The second-order valence-corrected chi connectivity index (χ2v) is 3.46. The van der Waals surface area contributed by atoms with Crippen LogP contribution in [0.4, 0.5) is 0 Å². The van der Waals surface area contributed by atoms with Gasteiger partial charge in [-0.1, -0.05) is 5.92 Å². The average molecular weight is 195 g/mol. The summed E-state index contributed by atoms with van der Waals surface area (Å²) in [5.41, 5.74) is 0. The molecule has 1 heterocycles. The van der Waals surface area contributed by atoms with Crippen LogP contribution in [0.15, 0.2) is 11.6 Å². The van der Waals surface area contributed by atoms with Crippen LogP contribution in [0.5, 0.6) is 0 Å². The van der Waals surface area contributed by atoms with Crippen LogP contribution in [0.1, 0.15) is 5.01 Å². The highest BCUT2D eigenvalue weighted by Crippen LogP contribution is 2.01. The lowest BCUT2D eigenvalue weighted by atomic mass is 10.5. The van der Waals surface area contributed by atoms with Crippen LogP contribution in [0.25, 0.3) is 0 Å². The number of aromatic nitrogens is 1. The Morgan fingerprint density at radius 3 is 3.00 bits per heavy atom. The van der Waals surface area contributed by atoms with Gasteiger partial charge in [-0.3, -0.25) is 0 Å². The van der Waals surface area contributed by atoms with Gasteiger partial charge in [0, 0.05) is 31.2 Å². The lowest BCUT2D eigenvalue weighted by Gasteiger charge is -2.01. The predicted octanol–water partition coefficient (Wildman–Crippen LogP) is 0.456. The highest BCUT2D eigenvalue weighted by Gasteiger charge is 1.92. The summed E-state index contributed by atoms with van der Waals surface area (Å²) < 4.78 is 0. The fourth-order valence-electron chi connectivity index (χ4n) is 0.873. The first-order valence-corrected chi connectivity index (χ1v) is 5.04. The molecule has 0 saturated carbocycles. The van der Waals surface area contributed by atoms with E-state index in [4.69, 9.17) is 6.42 Å². The number of rotatable bonds is 6. The van der Waals surface area contributed by atoms with Crippen molar-refractivity contribution >= 4 is 11.3 Å². The Morgan fingerprint density at radius 2 is 2.31 bits per heavy atom. The molecule has 1 aromatic heterocycles. The summed E-state index contributed by atoms with van der Waals surface area (Å²) in [5, 5.41) is 9.46. The minimum absolute atomic E-state index is 0.638. The number of hydrogen-bond donors (Lipinski definition) is 2. The van der Waals surface area contributed by atoms with Crippen molar-refractivity contribution in [2.45, 2.75) is 6.54 Å². The van der Waals surface area contributed by atoms with E-state index < -0.39 is 0 Å². The normalized spacial score (nSPS) is 9.77. The summed E-state index contributed by atoms with van der Waals surface area (Å²) in [6, 6.07) is 0. The fraction of sp³-hybridized carbons (Fsp3) is 0.444. The second kappa shape index (κ2) is 6.61. The molecule has 0 aliphatic rings. The quantitative estimate of drug-likeness (QED) is 0.511. The van der Waals surface area contributed by atoms with Crippen LogP contribution >= 0.6 is 11.3 Å². The van der Waals surface area contributed by atoms with Gasteiger partial charge in [-0.15, -0.1) is 17.8 Å². The molecule has 0 amide bonds. The van der Waals surface area contributed by atoms with E-state index in [-0.39, 0.29) is 0 Å². The van der Waals surface area contributed by atoms with Crippen LogP contribution in [0.2, 0.25) is 0 Å². The summed E-state index contributed by atoms with van der Waals surface area (Å²) in [7, 11) is 0. The third kappa shape index (κ3) is 4.63. The van der Waals surface area contributed by atoms with E-state index in [0.29, 0.717) is 6.54 Å². The van der Waals surface area contributed by atoms with E-state index in [1.165, 1.54) is 0 Å². The van der Waals surface area contributed by atoms with Crippen LogP contribution < -0.4 is 10.6 Å². The smallest absolute Gasteiger partial charge is 0.106 e. The lowest BCUT2D eigenvalue weighted by Crippen LogP contribution is -2.27. The van der Waals surface area contributed by atoms with Crippen LogP contribution in [0.3, 0.4) is 0 Å². The maximum Gasteiger partial charge on any atom is 0.106 e. The molecule has 0 radical (unpaired) electrons. The topological polar surface area (TPSA) is 37.0 Å². The van der Waals surface area contributed by atoms with Crippen molar-refractivity contribution in [1.82, 2.24) is 15.6 Å². The van der Waals surface area contributed by atoms with Gasteiger partial charge in [-0.05, 0) is 0 Å². The molecule has 4 heteroatoms. The van der Waals surface area contributed by atoms with Gasteiger partial charge in [-0.25, -0.2) is 4.98 Å². The molecule has 0 fully saturated rings. The number of nitrogens with one attached hydrogen (secondary N) is 2. The van der Waals surface area contributed by atoms with Gasteiger partial charge >= 0.3 is 0 Å². The molecule has 1 rings (SSSR count). The Morgan fingerprint density at radius 1 is 1.46 bits per heavy atom. The van der Waals surface area contributed by atoms with Gasteiger partial charge in [-0.2, -0.15) is 0 Å². The molecule has 70 valence electrons. The van der Waals surface area contributed by atoms with Crippen molar-refractivity contribution < 1.29 is 0 Å². The van der Waals surface area contributed by atoms with E-state index in [2.05, 4.69) is 21.5 Å². The van der Waals surface area contributed by atoms with Crippen molar-refractivity contribution in [3.8, 4) is 12.3 Å². The SMILES string of the molecule is C#CCNCCNCc1nccs1. The van der Waals surface area contributed by atoms with Crippen LogP contribution in [-0.2, 0) is 6.54 Å². The molecule has 0 spiro atoms. The maximum atomic E-state index is 5.08. The summed E-state index contributed by atoms with van der Waals surface area (Å²) >= 11 is 1.66. The number of thiazole rings is 1. The Balaban J connectivity index is 1.94. The van der Waals surface area contributed by atoms with Crippen molar-refractivity contribution in [3.05, 3.63) is 16.6 Å². The average Bonchev–Trinajstić information content (AvgIpc) is 2.63. The van der Waals surface area contributed by atoms with E-state index in [1.807, 2.05) is 11.6 Å². The Kier molecular flexibility index (Phi) is 5.18. The first-order valence-electron chi connectivity index (χ1n) is 4.16. The minimum Gasteiger partial charge on any atom is -0.309 e. The molecule has 3 nitrogen and oxygen atoms in total. The fourth-order valence-corrected chi connectivity index (χ4v) is 1.46. The van der Waals surface area contributed by atoms with Gasteiger partial charge < -0.3 is 10.6 Å². The third-order valence-electron chi connectivity index (χ3n) is 1.47. The summed E-state index contributed by atoms with van der Waals surface area (Å²) in [6.45, 7) is 3.30. The first-order chi connectivity index (χ1) is 6.43. The van der Waals surface area contributed by atoms with E-state index in [1.54, 1.807) is 11.3 Å². The van der Waals surface area contributed by atoms with E-state index in [9.17, 15) is 0 Å². The molecule has 0 aliphatic carbocycles. The van der Waals surface area contributed by atoms with Crippen LogP contribution in [-0.4, -0.2) is 24.6 Å². The molecule has 0 aliphatic heterocycles. The third-order valence-corrected chi connectivity index (χ3v) is 2.24. The van der Waals surface area contributed by atoms with Crippen molar-refractivity contribution in [1.29, 1.82) is 0 Å². The van der Waals surface area contributed by atoms with E-state index in [0.717, 1.165) is 24.6 Å². The molecule has 0 unspecified atom stereocenters. The summed E-state index contributed by atoms with van der Waals surface area (Å²) in [4.78, 5) is 4.15. The molecule has 0 bridgehead atoms. The van der Waals surface area contributed by atoms with Gasteiger partial charge in [0.1, 0.15) is 5.01 Å². The minimum atomic E-state index is 0.638. The Hall–Kier alpha value is -0.890. The zero-order valence-electron chi connectivity index (χ0n) is 7.42. The predicted molar refractivity (Wildman–Crippen MR) is 55.5 cm³/mol. The van der Waals surface area contributed by atoms with Gasteiger partial charge in [0.25, 0.3) is 0 Å². The zero-order chi connectivity index (χ0) is 9.36. The molecule has 0 atom stereocenters. The highest BCUT2D eigenvalue weighted by atomic mass is 32.1. The van der Waals surface area contributed by atoms with Gasteiger partial charge in [0.15, 0.2) is 0 Å². The van der Waals surface area contributed by atoms with Gasteiger partial charge in [0.05, 0.1) is 6.54 Å². The van der Waals surface area contributed by atoms with Crippen molar-refractivity contribution in [2.24, 2.45) is 0 Å². The number of terminal acetylenes is 1. The monoisotopic (exact) mass is 195 g/mol.